The van der Waals surface area contributed by atoms with Crippen molar-refractivity contribution in [2.45, 2.75) is 22.7 Å². The van der Waals surface area contributed by atoms with Crippen LogP contribution < -0.4 is 31.9 Å². The van der Waals surface area contributed by atoms with Crippen molar-refractivity contribution in [1.82, 2.24) is 70.4 Å². The number of nitrogens with zero attached hydrogens (tertiary/aromatic N) is 16. The van der Waals surface area contributed by atoms with Crippen LogP contribution in [-0.4, -0.2) is 104 Å². The van der Waals surface area contributed by atoms with E-state index in [4.69, 9.17) is 61.2 Å². The van der Waals surface area contributed by atoms with Crippen molar-refractivity contribution in [2.75, 3.05) is 21.3 Å². The number of rotatable bonds is 8. The van der Waals surface area contributed by atoms with E-state index >= 15 is 0 Å². The molecule has 0 saturated carbocycles. The first kappa shape index (κ1) is 59.8. The van der Waals surface area contributed by atoms with Crippen LogP contribution in [0.4, 0.5) is 23.8 Å². The van der Waals surface area contributed by atoms with Gasteiger partial charge in [0.05, 0.1) is 66.9 Å². The van der Waals surface area contributed by atoms with Gasteiger partial charge in [-0.05, 0) is 97.1 Å². The van der Waals surface area contributed by atoms with Gasteiger partial charge in [0, 0.05) is 36.7 Å². The van der Waals surface area contributed by atoms with Gasteiger partial charge in [0.2, 0.25) is 23.8 Å². The fraction of sp³-hybridized carbons (Fsp3) is 0.0714. The molecule has 4 aliphatic heterocycles. The van der Waals surface area contributed by atoms with Crippen molar-refractivity contribution < 1.29 is 59.5 Å². The van der Waals surface area contributed by atoms with E-state index in [1.54, 1.807) is 24.8 Å². The third-order valence-electron chi connectivity index (χ3n) is 13.8. The van der Waals surface area contributed by atoms with Crippen LogP contribution in [0.15, 0.2) is 215 Å². The van der Waals surface area contributed by atoms with Gasteiger partial charge in [-0.1, -0.05) is 72.8 Å². The van der Waals surface area contributed by atoms with Crippen molar-refractivity contribution in [2.24, 2.45) is 20.0 Å². The fourth-order valence-electron chi connectivity index (χ4n) is 10.4. The van der Waals surface area contributed by atoms with Gasteiger partial charge in [-0.2, -0.15) is 0 Å². The zero-order valence-corrected chi connectivity index (χ0v) is 52.5. The normalized spacial score (nSPS) is 19.6. The van der Waals surface area contributed by atoms with Gasteiger partial charge < -0.3 is 72.2 Å². The summed E-state index contributed by atoms with van der Waals surface area (Å²) >= 11 is 0. The molecule has 8 aromatic heterocycles. The topological polar surface area (TPSA) is 443 Å². The minimum atomic E-state index is -1.50. The molecular weight excluding hydrogens is 1260 g/mol. The molecule has 16 rings (SSSR count). The molecule has 4 aliphatic rings. The van der Waals surface area contributed by atoms with Crippen molar-refractivity contribution in [1.29, 1.82) is 0 Å². The molecule has 12 N–H and O–H groups in total. The molecule has 436 valence electrons. The van der Waals surface area contributed by atoms with Gasteiger partial charge in [-0.25, -0.2) is 29.9 Å². The van der Waals surface area contributed by atoms with Crippen molar-refractivity contribution >= 4 is 91.8 Å². The molecule has 0 spiro atoms. The van der Waals surface area contributed by atoms with Gasteiger partial charge in [0.1, 0.15) is 11.9 Å². The Labute approximate surface area is 531 Å². The van der Waals surface area contributed by atoms with E-state index in [1.165, 1.54) is 0 Å². The molecule has 34 heteroatoms. The Morgan fingerprint density at radius 3 is 0.922 bits per heavy atom. The summed E-state index contributed by atoms with van der Waals surface area (Å²) < 4.78 is 0. The number of fused-ring (bicyclic) bond motifs is 6. The summed E-state index contributed by atoms with van der Waals surface area (Å²) in [5.74, 6) is 3.59. The third-order valence-corrected chi connectivity index (χ3v) is 13.8. The average Bonchev–Trinajstić information content (AvgIpc) is 1.55. The summed E-state index contributed by atoms with van der Waals surface area (Å²) in [5.41, 5.74) is 4.26. The molecule has 90 heavy (non-hydrogen) atoms. The summed E-state index contributed by atoms with van der Waals surface area (Å²) in [7, 11) is 0. The minimum Gasteiger partial charge on any atom is -0.383 e. The number of aromatic nitrogens is 12. The first-order valence-electron chi connectivity index (χ1n) is 26.5. The van der Waals surface area contributed by atoms with Crippen molar-refractivity contribution in [3.63, 3.8) is 0 Å². The van der Waals surface area contributed by atoms with Crippen LogP contribution in [0, 0.1) is 20.2 Å². The second-order valence-corrected chi connectivity index (χ2v) is 19.3. The Morgan fingerprint density at radius 2 is 0.644 bits per heavy atom. The van der Waals surface area contributed by atoms with Crippen LogP contribution in [0.25, 0.3) is 54.8 Å². The number of hydrogen-bond acceptors (Lipinski definition) is 22. The number of aromatic amines is 4. The summed E-state index contributed by atoms with van der Waals surface area (Å²) in [6.45, 7) is 0. The maximum atomic E-state index is 8.36. The van der Waals surface area contributed by atoms with E-state index < -0.39 is 32.8 Å². The first-order valence-corrected chi connectivity index (χ1v) is 26.5. The fourth-order valence-corrected chi connectivity index (χ4v) is 10.4. The van der Waals surface area contributed by atoms with Gasteiger partial charge in [0.15, 0.2) is 22.7 Å². The number of anilines is 4. The largest absolute Gasteiger partial charge is 2.00 e. The molecule has 4 aromatic carbocycles. The van der Waals surface area contributed by atoms with E-state index in [0.29, 0.717) is 70.4 Å². The van der Waals surface area contributed by atoms with E-state index in [0.717, 1.165) is 44.1 Å². The Hall–Kier alpha value is -11.9. The predicted molar refractivity (Wildman–Crippen MR) is 323 cm³/mol. The number of para-hydroxylation sites is 8. The third kappa shape index (κ3) is 11.4. The van der Waals surface area contributed by atoms with Gasteiger partial charge in [-0.3, -0.25) is 30.6 Å². The number of imidazole rings is 4. The summed E-state index contributed by atoms with van der Waals surface area (Å²) in [4.78, 5) is 87.4. The molecule has 0 bridgehead atoms. The number of nitrogens with one attached hydrogen (secondary N) is 10. The maximum absolute atomic E-state index is 8.36. The Balaban J connectivity index is 0.000000162. The van der Waals surface area contributed by atoms with E-state index in [1.807, 2.05) is 170 Å². The minimum absolute atomic E-state index is 0. The van der Waals surface area contributed by atoms with Crippen LogP contribution in [0.2, 0.25) is 0 Å². The van der Waals surface area contributed by atoms with Gasteiger partial charge >= 0.3 is 39.0 Å². The average molecular weight is 1310 g/mol. The molecule has 4 atom stereocenters. The van der Waals surface area contributed by atoms with Crippen LogP contribution in [0.5, 0.6) is 0 Å². The molecule has 12 aromatic rings. The van der Waals surface area contributed by atoms with Gasteiger partial charge in [0.25, 0.3) is 10.2 Å². The Morgan fingerprint density at radius 1 is 0.378 bits per heavy atom. The molecule has 0 amide bonds. The summed E-state index contributed by atoms with van der Waals surface area (Å²) in [6, 6.07) is 53.8. The van der Waals surface area contributed by atoms with Crippen molar-refractivity contribution in [3.05, 3.63) is 248 Å². The van der Waals surface area contributed by atoms with Crippen LogP contribution >= 0.6 is 0 Å². The van der Waals surface area contributed by atoms with E-state index in [2.05, 4.69) is 91.7 Å². The zero-order chi connectivity index (χ0) is 60.3. The summed E-state index contributed by atoms with van der Waals surface area (Å²) in [5, 5.41) is 57.4. The quantitative estimate of drug-likeness (QED) is 0.0395. The maximum Gasteiger partial charge on any atom is 2.00 e. The molecule has 0 saturated heterocycles. The monoisotopic (exact) mass is 1300 g/mol. The second-order valence-electron chi connectivity index (χ2n) is 19.3. The zero-order valence-electron chi connectivity index (χ0n) is 46.6. The number of benzene rings is 4. The Bertz CT molecular complexity index is 4060. The molecule has 32 nitrogen and oxygen atoms in total. The first-order chi connectivity index (χ1) is 42.9. The number of guanidine groups is 4. The number of H-pyrrole nitrogens is 4. The SMILES string of the molecule is O=[N+]([O-])O.O=[N+]([O-])O.[Zn+2].[Zn+2].c1ccc([C@]23N=C(Nc4nc5ccccc5[nH]4)[N-][C@@]2(c2ccccn2)NC(Nc2nc4ccccc4[nH]2)=N3)nc1.c1ccc([C@]23N=C(Nc4nc5ccccc5[nH]4)[N-][C@@]2(c2ccccn2)NC(Nc2nc4ccccc4[nH]2)=N3)nc1. The van der Waals surface area contributed by atoms with Gasteiger partial charge in [-0.15, -0.1) is 20.2 Å². The molecule has 0 radical (unpaired) electrons. The smallest absolute Gasteiger partial charge is 0.383 e. The number of aliphatic imine (C=N–C) groups is 4. The molecule has 0 fully saturated rings. The van der Waals surface area contributed by atoms with Crippen LogP contribution in [-0.2, 0) is 61.6 Å². The Kier molecular flexibility index (Phi) is 16.5. The molecular formula is C56H44N26O6Zn2+2. The molecule has 0 aliphatic carbocycles. The van der Waals surface area contributed by atoms with E-state index in [9.17, 15) is 0 Å². The van der Waals surface area contributed by atoms with Crippen LogP contribution in [0.1, 0.15) is 22.8 Å². The predicted octanol–water partition coefficient (Wildman–Crippen LogP) is 7.62. The standard InChI is InChI=1S/2C28H21N12.2HNO3.2Zn/c2*1-2-10-18-17(9-1)31-23(32-18)35-25-37-27(21-13-5-7-15-29-21)28(38-25,22-14-6-8-16-30-22)40-26(39-27)36-24-33-19-11-3-4-12-20(19)34-24;2*2-1(3)4;;/h2*1-16H,(H5-,31,32,33,34,35,36,37,38,39,40);2*(H,2,3,4);;/q2*-1;;;2*+2/t2*27-,28+;;;;. The summed E-state index contributed by atoms with van der Waals surface area (Å²) in [6.07, 6.45) is 6.88. The molecule has 12 heterocycles. The van der Waals surface area contributed by atoms with Crippen molar-refractivity contribution in [3.8, 4) is 0 Å². The number of pyridine rings is 4. The van der Waals surface area contributed by atoms with Crippen LogP contribution in [0.3, 0.4) is 0 Å². The van der Waals surface area contributed by atoms with E-state index in [-0.39, 0.29) is 39.0 Å². The second kappa shape index (κ2) is 24.8. The molecule has 0 unspecified atom stereocenters. The number of hydrogen-bond donors (Lipinski definition) is 12.